The molecule has 1 rings (SSSR count). The second-order valence-corrected chi connectivity index (χ2v) is 4.25. The van der Waals surface area contributed by atoms with E-state index in [0.717, 1.165) is 11.1 Å². The van der Waals surface area contributed by atoms with Crippen LogP contribution in [0.3, 0.4) is 0 Å². The number of hydrogen-bond acceptors (Lipinski definition) is 4. The van der Waals surface area contributed by atoms with Crippen molar-refractivity contribution in [3.8, 4) is 11.5 Å². The number of ether oxygens (including phenoxy) is 2. The van der Waals surface area contributed by atoms with Crippen molar-refractivity contribution in [2.24, 2.45) is 0 Å². The molecule has 5 nitrogen and oxygen atoms in total. The van der Waals surface area contributed by atoms with Crippen LogP contribution >= 0.6 is 0 Å². The number of carbonyl (C=O) groups is 1. The van der Waals surface area contributed by atoms with Crippen LogP contribution in [0.4, 0.5) is 0 Å². The van der Waals surface area contributed by atoms with Crippen LogP contribution in [0.2, 0.25) is 0 Å². The predicted molar refractivity (Wildman–Crippen MR) is 77.8 cm³/mol. The third kappa shape index (κ3) is 4.59. The van der Waals surface area contributed by atoms with Gasteiger partial charge in [0.05, 0.1) is 26.4 Å². The highest BCUT2D eigenvalue weighted by atomic mass is 16.5. The van der Waals surface area contributed by atoms with E-state index in [9.17, 15) is 9.90 Å². The van der Waals surface area contributed by atoms with Crippen molar-refractivity contribution < 1.29 is 19.4 Å². The number of nitrogens with one attached hydrogen (secondary N) is 1. The van der Waals surface area contributed by atoms with Gasteiger partial charge in [-0.1, -0.05) is 12.2 Å². The Morgan fingerprint density at radius 3 is 2.35 bits per heavy atom. The Hall–Kier alpha value is -2.01. The molecule has 1 amide bonds. The monoisotopic (exact) mass is 279 g/mol. The van der Waals surface area contributed by atoms with Crippen molar-refractivity contribution in [2.45, 2.75) is 20.0 Å². The van der Waals surface area contributed by atoms with E-state index >= 15 is 0 Å². The van der Waals surface area contributed by atoms with Gasteiger partial charge >= 0.3 is 0 Å². The average Bonchev–Trinajstić information content (AvgIpc) is 2.46. The molecule has 0 radical (unpaired) electrons. The topological polar surface area (TPSA) is 67.8 Å². The SMILES string of the molecule is COc1cc(CO)cc(OC)c1C=CCCNC(C)=O. The normalized spacial score (nSPS) is 10.6. The van der Waals surface area contributed by atoms with Gasteiger partial charge in [-0.3, -0.25) is 4.79 Å². The minimum absolute atomic E-state index is 0.0409. The first kappa shape index (κ1) is 16.0. The van der Waals surface area contributed by atoms with Gasteiger partial charge in [0.1, 0.15) is 11.5 Å². The van der Waals surface area contributed by atoms with Gasteiger partial charge in [-0.25, -0.2) is 0 Å². The summed E-state index contributed by atoms with van der Waals surface area (Å²) in [6.07, 6.45) is 4.54. The number of aliphatic hydroxyl groups excluding tert-OH is 1. The lowest BCUT2D eigenvalue weighted by molar-refractivity contribution is -0.118. The zero-order valence-electron chi connectivity index (χ0n) is 12.1. The lowest BCUT2D eigenvalue weighted by Gasteiger charge is -2.12. The molecule has 0 heterocycles. The molecule has 0 aliphatic rings. The van der Waals surface area contributed by atoms with Crippen LogP contribution < -0.4 is 14.8 Å². The van der Waals surface area contributed by atoms with E-state index in [1.165, 1.54) is 6.92 Å². The van der Waals surface area contributed by atoms with Crippen LogP contribution in [0.15, 0.2) is 18.2 Å². The first-order valence-corrected chi connectivity index (χ1v) is 6.39. The Balaban J connectivity index is 2.86. The summed E-state index contributed by atoms with van der Waals surface area (Å²) in [6, 6.07) is 3.55. The number of methoxy groups -OCH3 is 2. The molecular weight excluding hydrogens is 258 g/mol. The summed E-state index contributed by atoms with van der Waals surface area (Å²) in [5.41, 5.74) is 1.55. The standard InChI is InChI=1S/C15H21NO4/c1-11(18)16-7-5-4-6-13-14(19-2)8-12(10-17)9-15(13)20-3/h4,6,8-9,17H,5,7,10H2,1-3H3,(H,16,18). The van der Waals surface area contributed by atoms with E-state index in [1.54, 1.807) is 26.4 Å². The van der Waals surface area contributed by atoms with E-state index in [-0.39, 0.29) is 12.5 Å². The molecule has 2 N–H and O–H groups in total. The molecule has 0 saturated heterocycles. The lowest BCUT2D eigenvalue weighted by Crippen LogP contribution is -2.20. The van der Waals surface area contributed by atoms with Crippen LogP contribution in [0, 0.1) is 0 Å². The molecule has 1 aromatic carbocycles. The summed E-state index contributed by atoms with van der Waals surface area (Å²) >= 11 is 0. The highest BCUT2D eigenvalue weighted by Crippen LogP contribution is 2.31. The molecular formula is C15H21NO4. The Bertz CT molecular complexity index is 458. The van der Waals surface area contributed by atoms with Crippen molar-refractivity contribution in [1.29, 1.82) is 0 Å². The third-order valence-electron chi connectivity index (χ3n) is 2.76. The van der Waals surface area contributed by atoms with Gasteiger partial charge in [0, 0.05) is 13.5 Å². The summed E-state index contributed by atoms with van der Waals surface area (Å²) in [5, 5.41) is 11.9. The summed E-state index contributed by atoms with van der Waals surface area (Å²) in [7, 11) is 3.15. The summed E-state index contributed by atoms with van der Waals surface area (Å²) in [6.45, 7) is 2.01. The molecule has 0 saturated carbocycles. The lowest BCUT2D eigenvalue weighted by atomic mass is 10.1. The maximum atomic E-state index is 10.7. The molecule has 110 valence electrons. The smallest absolute Gasteiger partial charge is 0.216 e. The highest BCUT2D eigenvalue weighted by Gasteiger charge is 2.09. The third-order valence-corrected chi connectivity index (χ3v) is 2.76. The molecule has 1 aromatic rings. The Morgan fingerprint density at radius 2 is 1.90 bits per heavy atom. The fourth-order valence-corrected chi connectivity index (χ4v) is 1.78. The van der Waals surface area contributed by atoms with Gasteiger partial charge in [0.2, 0.25) is 5.91 Å². The summed E-state index contributed by atoms with van der Waals surface area (Å²) in [4.78, 5) is 10.7. The number of hydrogen-bond donors (Lipinski definition) is 2. The average molecular weight is 279 g/mol. The summed E-state index contributed by atoms with van der Waals surface area (Å²) in [5.74, 6) is 1.24. The molecule has 0 atom stereocenters. The number of aliphatic hydroxyl groups is 1. The second kappa shape index (κ2) is 8.22. The highest BCUT2D eigenvalue weighted by molar-refractivity contribution is 5.72. The maximum absolute atomic E-state index is 10.7. The first-order chi connectivity index (χ1) is 9.62. The van der Waals surface area contributed by atoms with E-state index in [0.29, 0.717) is 24.5 Å². The molecule has 0 aliphatic carbocycles. The Kier molecular flexibility index (Phi) is 6.59. The maximum Gasteiger partial charge on any atom is 0.216 e. The Labute approximate surface area is 119 Å². The van der Waals surface area contributed by atoms with Crippen molar-refractivity contribution in [2.75, 3.05) is 20.8 Å². The quantitative estimate of drug-likeness (QED) is 0.746. The minimum atomic E-state index is -0.0702. The van der Waals surface area contributed by atoms with Gasteiger partial charge < -0.3 is 19.9 Å². The predicted octanol–water partition coefficient (Wildman–Crippen LogP) is 1.74. The van der Waals surface area contributed by atoms with Crippen molar-refractivity contribution in [1.82, 2.24) is 5.32 Å². The van der Waals surface area contributed by atoms with Gasteiger partial charge in [-0.15, -0.1) is 0 Å². The van der Waals surface area contributed by atoms with E-state index in [1.807, 2.05) is 12.2 Å². The molecule has 0 unspecified atom stereocenters. The fourth-order valence-electron chi connectivity index (χ4n) is 1.78. The molecule has 0 fully saturated rings. The van der Waals surface area contributed by atoms with E-state index < -0.39 is 0 Å². The molecule has 20 heavy (non-hydrogen) atoms. The number of rotatable bonds is 7. The molecule has 0 spiro atoms. The van der Waals surface area contributed by atoms with E-state index in [2.05, 4.69) is 5.32 Å². The van der Waals surface area contributed by atoms with Crippen molar-refractivity contribution in [3.63, 3.8) is 0 Å². The zero-order valence-corrected chi connectivity index (χ0v) is 12.1. The number of carbonyl (C=O) groups excluding carboxylic acids is 1. The van der Waals surface area contributed by atoms with Crippen LogP contribution in [-0.2, 0) is 11.4 Å². The first-order valence-electron chi connectivity index (χ1n) is 6.39. The number of benzene rings is 1. The van der Waals surface area contributed by atoms with Crippen LogP contribution in [0.5, 0.6) is 11.5 Å². The number of amides is 1. The van der Waals surface area contributed by atoms with Crippen molar-refractivity contribution >= 4 is 12.0 Å². The van der Waals surface area contributed by atoms with Gasteiger partial charge in [-0.2, -0.15) is 0 Å². The van der Waals surface area contributed by atoms with E-state index in [4.69, 9.17) is 9.47 Å². The van der Waals surface area contributed by atoms with Crippen LogP contribution in [0.25, 0.3) is 6.08 Å². The zero-order chi connectivity index (χ0) is 15.0. The van der Waals surface area contributed by atoms with Crippen LogP contribution in [-0.4, -0.2) is 31.8 Å². The van der Waals surface area contributed by atoms with Gasteiger partial charge in [0.15, 0.2) is 0 Å². The largest absolute Gasteiger partial charge is 0.496 e. The summed E-state index contributed by atoms with van der Waals surface area (Å²) < 4.78 is 10.6. The van der Waals surface area contributed by atoms with Crippen LogP contribution in [0.1, 0.15) is 24.5 Å². The van der Waals surface area contributed by atoms with Crippen molar-refractivity contribution in [3.05, 3.63) is 29.3 Å². The van der Waals surface area contributed by atoms with Gasteiger partial charge in [0.25, 0.3) is 0 Å². The van der Waals surface area contributed by atoms with Gasteiger partial charge in [-0.05, 0) is 24.1 Å². The minimum Gasteiger partial charge on any atom is -0.496 e. The fraction of sp³-hybridized carbons (Fsp3) is 0.400. The second-order valence-electron chi connectivity index (χ2n) is 4.25. The molecule has 0 aromatic heterocycles. The Morgan fingerprint density at radius 1 is 1.30 bits per heavy atom. The molecule has 5 heteroatoms. The molecule has 0 aliphatic heterocycles. The molecule has 0 bridgehead atoms.